The number of hydrogen-bond acceptors (Lipinski definition) is 4. The minimum atomic E-state index is -0.102. The van der Waals surface area contributed by atoms with Gasteiger partial charge in [-0.3, -0.25) is 9.59 Å². The molecule has 0 bridgehead atoms. The molecule has 0 radical (unpaired) electrons. The van der Waals surface area contributed by atoms with Crippen molar-refractivity contribution in [1.82, 2.24) is 0 Å². The molecule has 0 heterocycles. The van der Waals surface area contributed by atoms with Crippen LogP contribution in [0.4, 0.5) is 0 Å². The van der Waals surface area contributed by atoms with Crippen LogP contribution < -0.4 is 0 Å². The quantitative estimate of drug-likeness (QED) is 0.709. The van der Waals surface area contributed by atoms with Crippen molar-refractivity contribution in [2.24, 2.45) is 23.7 Å². The lowest BCUT2D eigenvalue weighted by Gasteiger charge is -2.43. The van der Waals surface area contributed by atoms with Crippen molar-refractivity contribution in [3.05, 3.63) is 0 Å². The lowest BCUT2D eigenvalue weighted by atomic mass is 9.61. The summed E-state index contributed by atoms with van der Waals surface area (Å²) in [5.74, 6) is 0.390. The first-order valence-electron chi connectivity index (χ1n) is 6.84. The average Bonchev–Trinajstić information content (AvgIpc) is 2.44. The molecular formula is C14H22O4. The first-order chi connectivity index (χ1) is 8.69. The van der Waals surface area contributed by atoms with Crippen LogP contribution in [0.15, 0.2) is 0 Å². The zero-order valence-corrected chi connectivity index (χ0v) is 11.2. The van der Waals surface area contributed by atoms with Crippen LogP contribution in [-0.4, -0.2) is 26.2 Å². The molecule has 2 aliphatic carbocycles. The maximum atomic E-state index is 11.8. The van der Waals surface area contributed by atoms with E-state index in [1.165, 1.54) is 14.2 Å². The van der Waals surface area contributed by atoms with Crippen LogP contribution in [-0.2, 0) is 19.1 Å². The second-order valence-corrected chi connectivity index (χ2v) is 5.45. The van der Waals surface area contributed by atoms with E-state index in [4.69, 9.17) is 9.47 Å². The average molecular weight is 254 g/mol. The normalized spacial score (nSPS) is 35.4. The summed E-state index contributed by atoms with van der Waals surface area (Å²) >= 11 is 0. The van der Waals surface area contributed by atoms with E-state index in [1.54, 1.807) is 0 Å². The molecule has 4 heteroatoms. The predicted octanol–water partition coefficient (Wildman–Crippen LogP) is 2.17. The van der Waals surface area contributed by atoms with Gasteiger partial charge >= 0.3 is 11.9 Å². The number of fused-ring (bicyclic) bond motifs is 1. The highest BCUT2D eigenvalue weighted by Gasteiger charge is 2.45. The van der Waals surface area contributed by atoms with Gasteiger partial charge in [-0.1, -0.05) is 12.8 Å². The molecule has 102 valence electrons. The van der Waals surface area contributed by atoms with Crippen molar-refractivity contribution < 1.29 is 19.1 Å². The largest absolute Gasteiger partial charge is 0.469 e. The van der Waals surface area contributed by atoms with E-state index in [9.17, 15) is 9.59 Å². The summed E-state index contributed by atoms with van der Waals surface area (Å²) in [4.78, 5) is 23.7. The molecule has 4 nitrogen and oxygen atoms in total. The molecule has 4 unspecified atom stereocenters. The molecule has 2 aliphatic rings. The second-order valence-electron chi connectivity index (χ2n) is 5.45. The Hall–Kier alpha value is -1.06. The van der Waals surface area contributed by atoms with E-state index in [0.717, 1.165) is 38.5 Å². The highest BCUT2D eigenvalue weighted by molar-refractivity contribution is 5.75. The highest BCUT2D eigenvalue weighted by Crippen LogP contribution is 2.47. The number of ether oxygens (including phenoxy) is 2. The van der Waals surface area contributed by atoms with Crippen LogP contribution in [0.25, 0.3) is 0 Å². The van der Waals surface area contributed by atoms with Gasteiger partial charge in [-0.05, 0) is 37.5 Å². The zero-order chi connectivity index (χ0) is 13.1. The molecule has 4 atom stereocenters. The SMILES string of the molecule is COC(=O)C1CCCC2C(C(=O)OC)CCCC12. The Morgan fingerprint density at radius 1 is 0.778 bits per heavy atom. The van der Waals surface area contributed by atoms with Gasteiger partial charge in [0.1, 0.15) is 0 Å². The Bertz CT molecular complexity index is 294. The Morgan fingerprint density at radius 3 is 1.50 bits per heavy atom. The standard InChI is InChI=1S/C14H22O4/c1-17-13(15)11-7-3-6-10-9(11)5-4-8-12(10)14(16)18-2/h9-12H,3-8H2,1-2H3. The van der Waals surface area contributed by atoms with Crippen molar-refractivity contribution in [3.8, 4) is 0 Å². The maximum absolute atomic E-state index is 11.8. The molecule has 0 aliphatic heterocycles. The molecule has 0 saturated heterocycles. The number of carbonyl (C=O) groups is 2. The minimum absolute atomic E-state index is 0.0128. The van der Waals surface area contributed by atoms with Crippen molar-refractivity contribution in [2.75, 3.05) is 14.2 Å². The van der Waals surface area contributed by atoms with E-state index >= 15 is 0 Å². The number of esters is 2. The fourth-order valence-electron chi connectivity index (χ4n) is 3.89. The van der Waals surface area contributed by atoms with Crippen LogP contribution in [0.5, 0.6) is 0 Å². The predicted molar refractivity (Wildman–Crippen MR) is 65.7 cm³/mol. The van der Waals surface area contributed by atoms with Gasteiger partial charge in [-0.2, -0.15) is 0 Å². The Balaban J connectivity index is 2.14. The third-order valence-corrected chi connectivity index (χ3v) is 4.70. The lowest BCUT2D eigenvalue weighted by molar-refractivity contribution is -0.158. The topological polar surface area (TPSA) is 52.6 Å². The third kappa shape index (κ3) is 2.38. The molecule has 2 saturated carbocycles. The zero-order valence-electron chi connectivity index (χ0n) is 11.2. The van der Waals surface area contributed by atoms with Gasteiger partial charge in [0, 0.05) is 0 Å². The third-order valence-electron chi connectivity index (χ3n) is 4.70. The van der Waals surface area contributed by atoms with E-state index in [1.807, 2.05) is 0 Å². The Morgan fingerprint density at radius 2 is 1.17 bits per heavy atom. The van der Waals surface area contributed by atoms with Crippen molar-refractivity contribution >= 4 is 11.9 Å². The fraction of sp³-hybridized carbons (Fsp3) is 0.857. The van der Waals surface area contributed by atoms with Crippen LogP contribution in [0, 0.1) is 23.7 Å². The smallest absolute Gasteiger partial charge is 0.308 e. The van der Waals surface area contributed by atoms with E-state index in [-0.39, 0.29) is 23.8 Å². The molecule has 18 heavy (non-hydrogen) atoms. The summed E-state index contributed by atoms with van der Waals surface area (Å²) in [6, 6.07) is 0. The molecular weight excluding hydrogens is 232 g/mol. The van der Waals surface area contributed by atoms with Crippen LogP contribution >= 0.6 is 0 Å². The Kier molecular flexibility index (Phi) is 4.25. The molecule has 0 amide bonds. The number of methoxy groups -OCH3 is 2. The monoisotopic (exact) mass is 254 g/mol. The summed E-state index contributed by atoms with van der Waals surface area (Å²) in [5, 5.41) is 0. The summed E-state index contributed by atoms with van der Waals surface area (Å²) < 4.78 is 9.81. The van der Waals surface area contributed by atoms with Crippen LogP contribution in [0.3, 0.4) is 0 Å². The van der Waals surface area contributed by atoms with Crippen molar-refractivity contribution in [1.29, 1.82) is 0 Å². The molecule has 2 fully saturated rings. The van der Waals surface area contributed by atoms with Crippen molar-refractivity contribution in [3.63, 3.8) is 0 Å². The van der Waals surface area contributed by atoms with Crippen molar-refractivity contribution in [2.45, 2.75) is 38.5 Å². The first kappa shape index (κ1) is 13.4. The summed E-state index contributed by atoms with van der Waals surface area (Å²) in [5.41, 5.74) is 0. The second kappa shape index (κ2) is 5.72. The highest BCUT2D eigenvalue weighted by atomic mass is 16.5. The fourth-order valence-corrected chi connectivity index (χ4v) is 3.89. The molecule has 0 aromatic heterocycles. The summed E-state index contributed by atoms with van der Waals surface area (Å²) in [6.45, 7) is 0. The van der Waals surface area contributed by atoms with Crippen LogP contribution in [0.2, 0.25) is 0 Å². The van der Waals surface area contributed by atoms with Gasteiger partial charge in [0.15, 0.2) is 0 Å². The lowest BCUT2D eigenvalue weighted by Crippen LogP contribution is -2.42. The van der Waals surface area contributed by atoms with Gasteiger partial charge in [-0.25, -0.2) is 0 Å². The number of carbonyl (C=O) groups excluding carboxylic acids is 2. The molecule has 0 spiro atoms. The summed E-state index contributed by atoms with van der Waals surface area (Å²) in [7, 11) is 2.90. The van der Waals surface area contributed by atoms with Gasteiger partial charge in [-0.15, -0.1) is 0 Å². The van der Waals surface area contributed by atoms with Gasteiger partial charge in [0.05, 0.1) is 26.1 Å². The maximum Gasteiger partial charge on any atom is 0.308 e. The number of rotatable bonds is 2. The molecule has 2 rings (SSSR count). The van der Waals surface area contributed by atoms with E-state index in [2.05, 4.69) is 0 Å². The van der Waals surface area contributed by atoms with Crippen LogP contribution in [0.1, 0.15) is 38.5 Å². The van der Waals surface area contributed by atoms with E-state index < -0.39 is 0 Å². The molecule has 0 aromatic rings. The van der Waals surface area contributed by atoms with Gasteiger partial charge in [0.25, 0.3) is 0 Å². The first-order valence-corrected chi connectivity index (χ1v) is 6.84. The van der Waals surface area contributed by atoms with Gasteiger partial charge in [0.2, 0.25) is 0 Å². The Labute approximate surface area is 108 Å². The van der Waals surface area contributed by atoms with E-state index in [0.29, 0.717) is 11.8 Å². The number of hydrogen-bond donors (Lipinski definition) is 0. The minimum Gasteiger partial charge on any atom is -0.469 e. The summed E-state index contributed by atoms with van der Waals surface area (Å²) in [6.07, 6.45) is 5.90. The van der Waals surface area contributed by atoms with Gasteiger partial charge < -0.3 is 9.47 Å². The molecule has 0 N–H and O–H groups in total. The molecule has 0 aromatic carbocycles.